The molecule has 1 N–H and O–H groups in total. The largest absolute Gasteiger partial charge is 0.352 e. The van der Waals surface area contributed by atoms with E-state index in [-0.39, 0.29) is 5.91 Å². The molecule has 0 atom stereocenters. The standard InChI is InChI=1S/C14H15NOS2/c1-17-13-5-3-2-4-12(13)14(16)15-8-6-11-7-9-18-10-11/h2-5,7,9-10H,6,8H2,1H3,(H,15,16). The summed E-state index contributed by atoms with van der Waals surface area (Å²) in [4.78, 5) is 13.1. The van der Waals surface area contributed by atoms with Crippen molar-refractivity contribution in [1.29, 1.82) is 0 Å². The molecule has 2 nitrogen and oxygen atoms in total. The molecule has 0 saturated heterocycles. The third-order valence-electron chi connectivity index (χ3n) is 2.63. The fourth-order valence-corrected chi connectivity index (χ4v) is 2.98. The number of carbonyl (C=O) groups is 1. The molecule has 0 aliphatic carbocycles. The summed E-state index contributed by atoms with van der Waals surface area (Å²) in [7, 11) is 0. The van der Waals surface area contributed by atoms with Crippen LogP contribution in [0.15, 0.2) is 46.0 Å². The van der Waals surface area contributed by atoms with Crippen LogP contribution in [-0.2, 0) is 6.42 Å². The Labute approximate surface area is 115 Å². The number of amides is 1. The van der Waals surface area contributed by atoms with Gasteiger partial charge in [0.2, 0.25) is 0 Å². The smallest absolute Gasteiger partial charge is 0.252 e. The second-order valence-corrected chi connectivity index (χ2v) is 5.47. The van der Waals surface area contributed by atoms with E-state index >= 15 is 0 Å². The summed E-state index contributed by atoms with van der Waals surface area (Å²) in [6, 6.07) is 9.78. The van der Waals surface area contributed by atoms with Crippen LogP contribution in [0.4, 0.5) is 0 Å². The van der Waals surface area contributed by atoms with Crippen LogP contribution in [-0.4, -0.2) is 18.7 Å². The molecule has 4 heteroatoms. The highest BCUT2D eigenvalue weighted by Gasteiger charge is 2.09. The van der Waals surface area contributed by atoms with Crippen LogP contribution < -0.4 is 5.32 Å². The molecule has 2 aromatic rings. The second kappa shape index (κ2) is 6.61. The van der Waals surface area contributed by atoms with Crippen molar-refractivity contribution < 1.29 is 4.79 Å². The van der Waals surface area contributed by atoms with E-state index in [4.69, 9.17) is 0 Å². The highest BCUT2D eigenvalue weighted by atomic mass is 32.2. The van der Waals surface area contributed by atoms with Gasteiger partial charge in [-0.15, -0.1) is 11.8 Å². The molecule has 0 saturated carbocycles. The number of hydrogen-bond acceptors (Lipinski definition) is 3. The summed E-state index contributed by atoms with van der Waals surface area (Å²) in [5.41, 5.74) is 2.04. The molecule has 1 aromatic heterocycles. The van der Waals surface area contributed by atoms with Gasteiger partial charge in [0.05, 0.1) is 5.56 Å². The Hall–Kier alpha value is -1.26. The highest BCUT2D eigenvalue weighted by molar-refractivity contribution is 7.98. The molecule has 1 amide bonds. The molecule has 0 unspecified atom stereocenters. The van der Waals surface area contributed by atoms with Gasteiger partial charge < -0.3 is 5.32 Å². The van der Waals surface area contributed by atoms with E-state index in [0.717, 1.165) is 16.9 Å². The minimum absolute atomic E-state index is 0.00943. The maximum Gasteiger partial charge on any atom is 0.252 e. The van der Waals surface area contributed by atoms with Crippen LogP contribution in [0.3, 0.4) is 0 Å². The fourth-order valence-electron chi connectivity index (χ4n) is 1.68. The highest BCUT2D eigenvalue weighted by Crippen LogP contribution is 2.19. The van der Waals surface area contributed by atoms with Gasteiger partial charge in [-0.1, -0.05) is 12.1 Å². The van der Waals surface area contributed by atoms with Crippen molar-refractivity contribution in [3.05, 3.63) is 52.2 Å². The molecule has 0 aliphatic rings. The summed E-state index contributed by atoms with van der Waals surface area (Å²) in [5, 5.41) is 7.13. The van der Waals surface area contributed by atoms with Crippen molar-refractivity contribution in [3.63, 3.8) is 0 Å². The summed E-state index contributed by atoms with van der Waals surface area (Å²) in [6.07, 6.45) is 2.87. The number of thioether (sulfide) groups is 1. The molecular formula is C14H15NOS2. The van der Waals surface area contributed by atoms with Crippen molar-refractivity contribution in [2.75, 3.05) is 12.8 Å². The predicted octanol–water partition coefficient (Wildman–Crippen LogP) is 3.44. The van der Waals surface area contributed by atoms with Gasteiger partial charge in [0.25, 0.3) is 5.91 Å². The first-order chi connectivity index (χ1) is 8.81. The lowest BCUT2D eigenvalue weighted by molar-refractivity contribution is 0.0951. The molecule has 2 rings (SSSR count). The van der Waals surface area contributed by atoms with Gasteiger partial charge in [-0.05, 0) is 47.2 Å². The first kappa shape index (κ1) is 13.2. The maximum absolute atomic E-state index is 12.0. The van der Waals surface area contributed by atoms with Crippen LogP contribution in [0.1, 0.15) is 15.9 Å². The van der Waals surface area contributed by atoms with Crippen LogP contribution in [0.5, 0.6) is 0 Å². The molecule has 0 fully saturated rings. The molecule has 94 valence electrons. The zero-order valence-electron chi connectivity index (χ0n) is 10.2. The normalized spacial score (nSPS) is 10.3. The summed E-state index contributed by atoms with van der Waals surface area (Å²) >= 11 is 3.28. The third-order valence-corrected chi connectivity index (χ3v) is 4.16. The zero-order chi connectivity index (χ0) is 12.8. The second-order valence-electron chi connectivity index (χ2n) is 3.84. The van der Waals surface area contributed by atoms with Crippen molar-refractivity contribution in [2.24, 2.45) is 0 Å². The molecule has 0 bridgehead atoms. The van der Waals surface area contributed by atoms with Crippen LogP contribution in [0.25, 0.3) is 0 Å². The molecule has 0 spiro atoms. The Morgan fingerprint density at radius 3 is 2.89 bits per heavy atom. The average Bonchev–Trinajstić information content (AvgIpc) is 2.91. The average molecular weight is 277 g/mol. The number of carbonyl (C=O) groups excluding carboxylic acids is 1. The van der Waals surface area contributed by atoms with Gasteiger partial charge in [0, 0.05) is 11.4 Å². The molecular weight excluding hydrogens is 262 g/mol. The van der Waals surface area contributed by atoms with Gasteiger partial charge in [-0.2, -0.15) is 11.3 Å². The first-order valence-corrected chi connectivity index (χ1v) is 7.90. The van der Waals surface area contributed by atoms with Crippen molar-refractivity contribution in [1.82, 2.24) is 5.32 Å². The van der Waals surface area contributed by atoms with Gasteiger partial charge in [-0.3, -0.25) is 4.79 Å². The van der Waals surface area contributed by atoms with Crippen molar-refractivity contribution >= 4 is 29.0 Å². The van der Waals surface area contributed by atoms with E-state index in [9.17, 15) is 4.79 Å². The Bertz CT molecular complexity index is 508. The monoisotopic (exact) mass is 277 g/mol. The minimum Gasteiger partial charge on any atom is -0.352 e. The number of hydrogen-bond donors (Lipinski definition) is 1. The minimum atomic E-state index is 0.00943. The molecule has 0 radical (unpaired) electrons. The van der Waals surface area contributed by atoms with E-state index in [0.29, 0.717) is 6.54 Å². The van der Waals surface area contributed by atoms with Gasteiger partial charge in [0.1, 0.15) is 0 Å². The molecule has 18 heavy (non-hydrogen) atoms. The lowest BCUT2D eigenvalue weighted by Crippen LogP contribution is -2.26. The molecule has 1 aromatic carbocycles. The first-order valence-electron chi connectivity index (χ1n) is 5.73. The summed E-state index contributed by atoms with van der Waals surface area (Å²) < 4.78 is 0. The van der Waals surface area contributed by atoms with E-state index in [1.165, 1.54) is 5.56 Å². The Morgan fingerprint density at radius 1 is 1.33 bits per heavy atom. The SMILES string of the molecule is CSc1ccccc1C(=O)NCCc1ccsc1. The van der Waals surface area contributed by atoms with Gasteiger partial charge in [-0.25, -0.2) is 0 Å². The van der Waals surface area contributed by atoms with Gasteiger partial charge in [0.15, 0.2) is 0 Å². The number of benzene rings is 1. The Balaban J connectivity index is 1.91. The lowest BCUT2D eigenvalue weighted by Gasteiger charge is -2.07. The zero-order valence-corrected chi connectivity index (χ0v) is 11.8. The van der Waals surface area contributed by atoms with Crippen LogP contribution >= 0.6 is 23.1 Å². The maximum atomic E-state index is 12.0. The van der Waals surface area contributed by atoms with E-state index in [2.05, 4.69) is 22.1 Å². The number of rotatable bonds is 5. The van der Waals surface area contributed by atoms with E-state index in [1.807, 2.05) is 30.5 Å². The van der Waals surface area contributed by atoms with E-state index in [1.54, 1.807) is 23.1 Å². The third kappa shape index (κ3) is 3.37. The Morgan fingerprint density at radius 2 is 2.17 bits per heavy atom. The lowest BCUT2D eigenvalue weighted by atomic mass is 10.2. The summed E-state index contributed by atoms with van der Waals surface area (Å²) in [5.74, 6) is 0.00943. The van der Waals surface area contributed by atoms with Gasteiger partial charge >= 0.3 is 0 Å². The molecule has 0 aliphatic heterocycles. The topological polar surface area (TPSA) is 29.1 Å². The number of thiophene rings is 1. The van der Waals surface area contributed by atoms with Crippen molar-refractivity contribution in [2.45, 2.75) is 11.3 Å². The van der Waals surface area contributed by atoms with E-state index < -0.39 is 0 Å². The Kier molecular flexibility index (Phi) is 4.84. The summed E-state index contributed by atoms with van der Waals surface area (Å²) in [6.45, 7) is 0.679. The molecule has 1 heterocycles. The fraction of sp³-hybridized carbons (Fsp3) is 0.214. The van der Waals surface area contributed by atoms with Crippen LogP contribution in [0.2, 0.25) is 0 Å². The predicted molar refractivity (Wildman–Crippen MR) is 78.6 cm³/mol. The van der Waals surface area contributed by atoms with Crippen LogP contribution in [0, 0.1) is 0 Å². The quantitative estimate of drug-likeness (QED) is 0.848. The number of nitrogens with one attached hydrogen (secondary N) is 1. The van der Waals surface area contributed by atoms with Crippen molar-refractivity contribution in [3.8, 4) is 0 Å².